The van der Waals surface area contributed by atoms with Gasteiger partial charge >= 0.3 is 0 Å². The van der Waals surface area contributed by atoms with E-state index in [0.29, 0.717) is 12.5 Å². The smallest absolute Gasteiger partial charge is 0.225 e. The molecule has 1 aliphatic rings. The van der Waals surface area contributed by atoms with Gasteiger partial charge in [0.2, 0.25) is 5.91 Å². The third kappa shape index (κ3) is 1.95. The topological polar surface area (TPSA) is 20.3 Å². The summed E-state index contributed by atoms with van der Waals surface area (Å²) in [6.45, 7) is 4.28. The molecule has 63 valence electrons. The normalized spacial score (nSPS) is 18.7. The van der Waals surface area contributed by atoms with Gasteiger partial charge in [-0.15, -0.1) is 0 Å². The minimum absolute atomic E-state index is 0.289. The molecule has 1 fully saturated rings. The maximum Gasteiger partial charge on any atom is 0.225 e. The maximum atomic E-state index is 11.5. The number of carbonyl (C=O) groups is 1. The van der Waals surface area contributed by atoms with E-state index in [1.165, 1.54) is 12.8 Å². The Kier molecular flexibility index (Phi) is 2.92. The van der Waals surface area contributed by atoms with E-state index in [1.807, 2.05) is 7.05 Å². The van der Waals surface area contributed by atoms with Gasteiger partial charge in [-0.2, -0.15) is 0 Å². The number of amides is 1. The van der Waals surface area contributed by atoms with Gasteiger partial charge in [-0.1, -0.05) is 12.8 Å². The zero-order chi connectivity index (χ0) is 8.27. The monoisotopic (exact) mass is 154 g/mol. The first-order valence-electron chi connectivity index (χ1n) is 4.30. The second-order valence-electron chi connectivity index (χ2n) is 3.24. The van der Waals surface area contributed by atoms with Crippen LogP contribution in [0.4, 0.5) is 0 Å². The summed E-state index contributed by atoms with van der Waals surface area (Å²) >= 11 is 0. The molecule has 0 N–H and O–H groups in total. The van der Waals surface area contributed by atoms with E-state index in [9.17, 15) is 4.79 Å². The Labute approximate surface area is 68.6 Å². The van der Waals surface area contributed by atoms with Gasteiger partial charge in [-0.3, -0.25) is 4.79 Å². The van der Waals surface area contributed by atoms with Crippen LogP contribution in [-0.2, 0) is 4.79 Å². The molecule has 2 heteroatoms. The Morgan fingerprint density at radius 2 is 2.09 bits per heavy atom. The number of carbonyl (C=O) groups excluding carboxylic acids is 1. The fourth-order valence-corrected chi connectivity index (χ4v) is 1.59. The summed E-state index contributed by atoms with van der Waals surface area (Å²) in [4.78, 5) is 13.2. The Morgan fingerprint density at radius 1 is 1.55 bits per heavy atom. The van der Waals surface area contributed by atoms with E-state index in [2.05, 4.69) is 6.92 Å². The molecule has 11 heavy (non-hydrogen) atoms. The Hall–Kier alpha value is -0.530. The molecule has 1 saturated carbocycles. The van der Waals surface area contributed by atoms with Crippen molar-refractivity contribution in [3.63, 3.8) is 0 Å². The van der Waals surface area contributed by atoms with Crippen molar-refractivity contribution in [3.8, 4) is 0 Å². The van der Waals surface area contributed by atoms with Crippen molar-refractivity contribution in [2.75, 3.05) is 13.6 Å². The summed E-state index contributed by atoms with van der Waals surface area (Å²) < 4.78 is 0. The fourth-order valence-electron chi connectivity index (χ4n) is 1.59. The van der Waals surface area contributed by atoms with Crippen molar-refractivity contribution in [2.45, 2.75) is 25.7 Å². The molecule has 1 amide bonds. The fraction of sp³-hybridized carbons (Fsp3) is 0.778. The highest BCUT2D eigenvalue weighted by Gasteiger charge is 2.24. The van der Waals surface area contributed by atoms with Crippen LogP contribution in [0.15, 0.2) is 0 Å². The van der Waals surface area contributed by atoms with Crippen LogP contribution in [0, 0.1) is 12.8 Å². The van der Waals surface area contributed by atoms with E-state index < -0.39 is 0 Å². The summed E-state index contributed by atoms with van der Waals surface area (Å²) in [6, 6.07) is 0. The average molecular weight is 154 g/mol. The van der Waals surface area contributed by atoms with Gasteiger partial charge in [-0.25, -0.2) is 0 Å². The lowest BCUT2D eigenvalue weighted by Gasteiger charge is -2.18. The van der Waals surface area contributed by atoms with E-state index in [-0.39, 0.29) is 5.91 Å². The highest BCUT2D eigenvalue weighted by atomic mass is 16.2. The van der Waals surface area contributed by atoms with Gasteiger partial charge in [0.05, 0.1) is 0 Å². The van der Waals surface area contributed by atoms with Crippen molar-refractivity contribution < 1.29 is 4.79 Å². The third-order valence-corrected chi connectivity index (χ3v) is 2.42. The van der Waals surface area contributed by atoms with Gasteiger partial charge in [0.1, 0.15) is 0 Å². The first-order valence-corrected chi connectivity index (χ1v) is 4.30. The van der Waals surface area contributed by atoms with Crippen molar-refractivity contribution in [1.82, 2.24) is 4.90 Å². The standard InChI is InChI=1S/C9H16NO/c1-3-10(2)9(11)8-6-4-5-7-8/h8H,1,3-7H2,2H3. The maximum absolute atomic E-state index is 11.5. The molecule has 1 rings (SSSR count). The van der Waals surface area contributed by atoms with Crippen LogP contribution in [0.1, 0.15) is 25.7 Å². The molecule has 0 aromatic rings. The van der Waals surface area contributed by atoms with Gasteiger partial charge in [0, 0.05) is 19.5 Å². The largest absolute Gasteiger partial charge is 0.346 e. The zero-order valence-corrected chi connectivity index (χ0v) is 7.18. The second kappa shape index (κ2) is 3.74. The van der Waals surface area contributed by atoms with Crippen molar-refractivity contribution in [2.24, 2.45) is 5.92 Å². The Balaban J connectivity index is 2.39. The molecular formula is C9H16NO. The molecule has 1 aliphatic carbocycles. The van der Waals surface area contributed by atoms with Crippen LogP contribution in [0.5, 0.6) is 0 Å². The molecule has 0 unspecified atom stereocenters. The molecule has 0 atom stereocenters. The predicted octanol–water partition coefficient (Wildman–Crippen LogP) is 1.47. The van der Waals surface area contributed by atoms with E-state index in [4.69, 9.17) is 0 Å². The molecule has 0 saturated heterocycles. The van der Waals surface area contributed by atoms with Crippen molar-refractivity contribution >= 4 is 5.91 Å². The lowest BCUT2D eigenvalue weighted by molar-refractivity contribution is -0.133. The zero-order valence-electron chi connectivity index (χ0n) is 7.18. The molecule has 0 heterocycles. The van der Waals surface area contributed by atoms with Gasteiger partial charge in [-0.05, 0) is 19.8 Å². The van der Waals surface area contributed by atoms with Crippen LogP contribution in [-0.4, -0.2) is 24.4 Å². The summed E-state index contributed by atoms with van der Waals surface area (Å²) in [5.74, 6) is 0.597. The number of hydrogen-bond acceptors (Lipinski definition) is 1. The minimum atomic E-state index is 0.289. The van der Waals surface area contributed by atoms with Gasteiger partial charge in [0.15, 0.2) is 0 Å². The Morgan fingerprint density at radius 3 is 2.55 bits per heavy atom. The quantitative estimate of drug-likeness (QED) is 0.589. The van der Waals surface area contributed by atoms with Crippen LogP contribution in [0.2, 0.25) is 0 Å². The van der Waals surface area contributed by atoms with Crippen LogP contribution < -0.4 is 0 Å². The summed E-state index contributed by atoms with van der Waals surface area (Å²) in [5, 5.41) is 0. The second-order valence-corrected chi connectivity index (χ2v) is 3.24. The van der Waals surface area contributed by atoms with Crippen LogP contribution in [0.25, 0.3) is 0 Å². The molecule has 2 nitrogen and oxygen atoms in total. The molecule has 0 aromatic carbocycles. The van der Waals surface area contributed by atoms with Gasteiger partial charge in [0.25, 0.3) is 0 Å². The SMILES string of the molecule is [CH2]CN(C)C(=O)C1CCCC1. The van der Waals surface area contributed by atoms with E-state index >= 15 is 0 Å². The predicted molar refractivity (Wildman–Crippen MR) is 45.0 cm³/mol. The number of hydrogen-bond donors (Lipinski definition) is 0. The lowest BCUT2D eigenvalue weighted by atomic mass is 10.1. The first kappa shape index (κ1) is 8.57. The van der Waals surface area contributed by atoms with Crippen LogP contribution >= 0.6 is 0 Å². The van der Waals surface area contributed by atoms with Gasteiger partial charge < -0.3 is 4.90 Å². The van der Waals surface area contributed by atoms with Crippen molar-refractivity contribution in [3.05, 3.63) is 6.92 Å². The summed E-state index contributed by atoms with van der Waals surface area (Å²) in [7, 11) is 1.83. The first-order chi connectivity index (χ1) is 5.25. The minimum Gasteiger partial charge on any atom is -0.346 e. The highest BCUT2D eigenvalue weighted by molar-refractivity contribution is 5.78. The molecule has 0 bridgehead atoms. The molecule has 1 radical (unpaired) electrons. The average Bonchev–Trinajstić information content (AvgIpc) is 2.53. The third-order valence-electron chi connectivity index (χ3n) is 2.42. The number of nitrogens with zero attached hydrogens (tertiary/aromatic N) is 1. The summed E-state index contributed by atoms with van der Waals surface area (Å²) in [6.07, 6.45) is 4.62. The van der Waals surface area contributed by atoms with E-state index in [1.54, 1.807) is 4.90 Å². The highest BCUT2D eigenvalue weighted by Crippen LogP contribution is 2.25. The molecular weight excluding hydrogens is 138 g/mol. The van der Waals surface area contributed by atoms with Crippen molar-refractivity contribution in [1.29, 1.82) is 0 Å². The lowest BCUT2D eigenvalue weighted by Crippen LogP contribution is -2.31. The molecule has 0 spiro atoms. The number of rotatable bonds is 2. The van der Waals surface area contributed by atoms with Crippen LogP contribution in [0.3, 0.4) is 0 Å². The molecule has 0 aliphatic heterocycles. The molecule has 0 aromatic heterocycles. The summed E-state index contributed by atoms with van der Waals surface area (Å²) in [5.41, 5.74) is 0. The Bertz CT molecular complexity index is 138. The van der Waals surface area contributed by atoms with E-state index in [0.717, 1.165) is 12.8 Å².